The van der Waals surface area contributed by atoms with Gasteiger partial charge in [-0.05, 0) is 24.5 Å². The Labute approximate surface area is 118 Å². The lowest BCUT2D eigenvalue weighted by Crippen LogP contribution is -2.39. The van der Waals surface area contributed by atoms with E-state index in [0.717, 1.165) is 11.3 Å². The first kappa shape index (κ1) is 14.2. The van der Waals surface area contributed by atoms with Crippen LogP contribution in [0, 0.1) is 10.1 Å². The average Bonchev–Trinajstić information content (AvgIpc) is 2.68. The van der Waals surface area contributed by atoms with Crippen LogP contribution in [0.4, 0.5) is 11.4 Å². The number of non-ortho nitro benzene ring substituents is 1. The van der Waals surface area contributed by atoms with Gasteiger partial charge in [0.1, 0.15) is 0 Å². The van der Waals surface area contributed by atoms with Crippen LogP contribution in [0.2, 0.25) is 0 Å². The lowest BCUT2D eigenvalue weighted by molar-refractivity contribution is -0.384. The van der Waals surface area contributed by atoms with Gasteiger partial charge in [0.2, 0.25) is 5.91 Å². The summed E-state index contributed by atoms with van der Waals surface area (Å²) < 4.78 is 0. The molecule has 0 radical (unpaired) electrons. The van der Waals surface area contributed by atoms with Crippen LogP contribution in [-0.4, -0.2) is 17.4 Å². The molecule has 0 aliphatic carbocycles. The predicted octanol–water partition coefficient (Wildman–Crippen LogP) is 3.19. The molecule has 1 aromatic rings. The van der Waals surface area contributed by atoms with Crippen molar-refractivity contribution in [1.29, 1.82) is 0 Å². The number of hydrogen-bond donors (Lipinski definition) is 0. The molecule has 0 atom stereocenters. The Kier molecular flexibility index (Phi) is 3.61. The number of benzene rings is 1. The van der Waals surface area contributed by atoms with Gasteiger partial charge in [-0.2, -0.15) is 0 Å². The van der Waals surface area contributed by atoms with E-state index in [2.05, 4.69) is 6.58 Å². The van der Waals surface area contributed by atoms with Gasteiger partial charge in [-0.15, -0.1) is 6.58 Å². The lowest BCUT2D eigenvalue weighted by Gasteiger charge is -2.25. The maximum atomic E-state index is 12.7. The van der Waals surface area contributed by atoms with Crippen LogP contribution in [0.5, 0.6) is 0 Å². The number of fused-ring (bicyclic) bond motifs is 1. The summed E-state index contributed by atoms with van der Waals surface area (Å²) in [6, 6.07) is 4.66. The second-order valence-corrected chi connectivity index (χ2v) is 4.95. The second-order valence-electron chi connectivity index (χ2n) is 4.95. The molecule has 0 aromatic heterocycles. The fourth-order valence-corrected chi connectivity index (χ4v) is 2.98. The Balaban J connectivity index is 2.66. The van der Waals surface area contributed by atoms with E-state index in [1.54, 1.807) is 23.1 Å². The lowest BCUT2D eigenvalue weighted by atomic mass is 9.77. The largest absolute Gasteiger partial charge is 0.308 e. The summed E-state index contributed by atoms with van der Waals surface area (Å²) in [4.78, 5) is 24.9. The Morgan fingerprint density at radius 2 is 2.05 bits per heavy atom. The van der Waals surface area contributed by atoms with E-state index in [-0.39, 0.29) is 11.6 Å². The van der Waals surface area contributed by atoms with Crippen LogP contribution >= 0.6 is 0 Å². The van der Waals surface area contributed by atoms with Crippen LogP contribution in [0.15, 0.2) is 30.9 Å². The summed E-state index contributed by atoms with van der Waals surface area (Å²) in [5.74, 6) is 0.0119. The van der Waals surface area contributed by atoms with Crippen molar-refractivity contribution in [2.24, 2.45) is 0 Å². The zero-order valence-electron chi connectivity index (χ0n) is 11.8. The van der Waals surface area contributed by atoms with E-state index in [9.17, 15) is 14.9 Å². The van der Waals surface area contributed by atoms with Crippen molar-refractivity contribution in [3.05, 3.63) is 46.5 Å². The fourth-order valence-electron chi connectivity index (χ4n) is 2.98. The molecule has 5 nitrogen and oxygen atoms in total. The highest BCUT2D eigenvalue weighted by Crippen LogP contribution is 2.47. The Bertz CT molecular complexity index is 576. The monoisotopic (exact) mass is 274 g/mol. The molecular weight excluding hydrogens is 256 g/mol. The number of rotatable bonds is 5. The van der Waals surface area contributed by atoms with E-state index in [1.165, 1.54) is 6.07 Å². The molecule has 106 valence electrons. The molecular formula is C15H18N2O3. The summed E-state index contributed by atoms with van der Waals surface area (Å²) in [6.07, 6.45) is 2.93. The van der Waals surface area contributed by atoms with E-state index in [4.69, 9.17) is 0 Å². The van der Waals surface area contributed by atoms with Gasteiger partial charge in [-0.3, -0.25) is 14.9 Å². The molecule has 20 heavy (non-hydrogen) atoms. The topological polar surface area (TPSA) is 63.5 Å². The third-order valence-corrected chi connectivity index (χ3v) is 4.17. The van der Waals surface area contributed by atoms with E-state index in [1.807, 2.05) is 13.8 Å². The summed E-state index contributed by atoms with van der Waals surface area (Å²) in [5, 5.41) is 11.0. The molecule has 0 N–H and O–H groups in total. The quantitative estimate of drug-likeness (QED) is 0.470. The van der Waals surface area contributed by atoms with Crippen molar-refractivity contribution in [3.8, 4) is 0 Å². The molecule has 0 saturated heterocycles. The summed E-state index contributed by atoms with van der Waals surface area (Å²) in [5.41, 5.74) is 0.917. The van der Waals surface area contributed by atoms with Gasteiger partial charge < -0.3 is 4.90 Å². The van der Waals surface area contributed by atoms with E-state index >= 15 is 0 Å². The summed E-state index contributed by atoms with van der Waals surface area (Å²) >= 11 is 0. The van der Waals surface area contributed by atoms with Gasteiger partial charge in [0.15, 0.2) is 0 Å². The summed E-state index contributed by atoms with van der Waals surface area (Å²) in [6.45, 7) is 7.99. The van der Waals surface area contributed by atoms with Gasteiger partial charge in [-0.1, -0.05) is 19.9 Å². The van der Waals surface area contributed by atoms with Crippen molar-refractivity contribution in [2.45, 2.75) is 32.1 Å². The van der Waals surface area contributed by atoms with Gasteiger partial charge >= 0.3 is 0 Å². The maximum Gasteiger partial charge on any atom is 0.269 e. The van der Waals surface area contributed by atoms with Crippen LogP contribution in [0.3, 0.4) is 0 Å². The highest BCUT2D eigenvalue weighted by atomic mass is 16.6. The van der Waals surface area contributed by atoms with E-state index < -0.39 is 10.3 Å². The number of amides is 1. The van der Waals surface area contributed by atoms with E-state index in [0.29, 0.717) is 19.4 Å². The van der Waals surface area contributed by atoms with Crippen molar-refractivity contribution in [1.82, 2.24) is 0 Å². The first-order valence-corrected chi connectivity index (χ1v) is 6.73. The Hall–Kier alpha value is -2.17. The third-order valence-electron chi connectivity index (χ3n) is 4.17. The normalized spacial score (nSPS) is 16.1. The smallest absolute Gasteiger partial charge is 0.269 e. The molecule has 1 heterocycles. The zero-order valence-corrected chi connectivity index (χ0v) is 11.8. The Morgan fingerprint density at radius 3 is 2.55 bits per heavy atom. The molecule has 2 rings (SSSR count). The van der Waals surface area contributed by atoms with Gasteiger partial charge in [0.25, 0.3) is 5.69 Å². The first-order chi connectivity index (χ1) is 9.51. The minimum Gasteiger partial charge on any atom is -0.308 e. The molecule has 1 aromatic carbocycles. The molecule has 0 spiro atoms. The third kappa shape index (κ3) is 1.81. The molecule has 0 fully saturated rings. The van der Waals surface area contributed by atoms with Gasteiger partial charge in [-0.25, -0.2) is 0 Å². The number of nitro benzene ring substituents is 1. The van der Waals surface area contributed by atoms with Crippen LogP contribution < -0.4 is 4.90 Å². The number of anilines is 1. The highest BCUT2D eigenvalue weighted by molar-refractivity contribution is 6.08. The minimum absolute atomic E-state index is 0.0119. The number of carbonyl (C=O) groups is 1. The van der Waals surface area contributed by atoms with Crippen LogP contribution in [0.25, 0.3) is 0 Å². The number of nitrogens with zero attached hydrogens (tertiary/aromatic N) is 2. The SMILES string of the molecule is C=CCN1C(=O)C(CC)(CC)c2cc([N+](=O)[O-])ccc21. The molecule has 0 bridgehead atoms. The highest BCUT2D eigenvalue weighted by Gasteiger charge is 2.48. The number of carbonyl (C=O) groups excluding carboxylic acids is 1. The maximum absolute atomic E-state index is 12.7. The number of hydrogen-bond acceptors (Lipinski definition) is 3. The van der Waals surface area contributed by atoms with Crippen LogP contribution in [0.1, 0.15) is 32.3 Å². The molecule has 1 amide bonds. The van der Waals surface area contributed by atoms with Crippen molar-refractivity contribution in [2.75, 3.05) is 11.4 Å². The van der Waals surface area contributed by atoms with Gasteiger partial charge in [0.05, 0.1) is 10.3 Å². The standard InChI is InChI=1S/C15H18N2O3/c1-4-9-16-13-8-7-11(17(19)20)10-12(13)15(5-2,6-3)14(16)18/h4,7-8,10H,1,5-6,9H2,2-3H3. The number of nitro groups is 1. The molecule has 0 saturated carbocycles. The van der Waals surface area contributed by atoms with Crippen LogP contribution in [-0.2, 0) is 10.2 Å². The molecule has 0 unspecified atom stereocenters. The molecule has 1 aliphatic rings. The first-order valence-electron chi connectivity index (χ1n) is 6.73. The van der Waals surface area contributed by atoms with Crippen molar-refractivity contribution in [3.63, 3.8) is 0 Å². The second kappa shape index (κ2) is 5.07. The zero-order chi connectivity index (χ0) is 14.9. The fraction of sp³-hybridized carbons (Fsp3) is 0.400. The van der Waals surface area contributed by atoms with Crippen molar-refractivity contribution >= 4 is 17.3 Å². The summed E-state index contributed by atoms with van der Waals surface area (Å²) in [7, 11) is 0. The Morgan fingerprint density at radius 1 is 1.40 bits per heavy atom. The predicted molar refractivity (Wildman–Crippen MR) is 77.9 cm³/mol. The van der Waals surface area contributed by atoms with Gasteiger partial charge in [0, 0.05) is 24.4 Å². The average molecular weight is 274 g/mol. The molecule has 1 aliphatic heterocycles. The minimum atomic E-state index is -0.648. The van der Waals surface area contributed by atoms with Crippen molar-refractivity contribution < 1.29 is 9.72 Å². The molecule has 5 heteroatoms.